The van der Waals surface area contributed by atoms with Crippen LogP contribution in [0.5, 0.6) is 0 Å². The van der Waals surface area contributed by atoms with Crippen molar-refractivity contribution in [3.63, 3.8) is 0 Å². The van der Waals surface area contributed by atoms with Crippen LogP contribution in [0.15, 0.2) is 18.2 Å². The number of hydrogen-bond donors (Lipinski definition) is 1. The van der Waals surface area contributed by atoms with E-state index in [1.54, 1.807) is 0 Å². The highest BCUT2D eigenvalue weighted by Crippen LogP contribution is 2.12. The molecule has 0 spiro atoms. The van der Waals surface area contributed by atoms with Crippen molar-refractivity contribution in [1.29, 1.82) is 0 Å². The summed E-state index contributed by atoms with van der Waals surface area (Å²) in [7, 11) is 1.44. The predicted molar refractivity (Wildman–Crippen MR) is 78.0 cm³/mol. The summed E-state index contributed by atoms with van der Waals surface area (Å²) in [5.74, 6) is 0.272. The van der Waals surface area contributed by atoms with Crippen LogP contribution in [0.1, 0.15) is 37.0 Å². The molecule has 1 unspecified atom stereocenters. The molecule has 0 saturated carbocycles. The van der Waals surface area contributed by atoms with Gasteiger partial charge in [0.25, 0.3) is 0 Å². The summed E-state index contributed by atoms with van der Waals surface area (Å²) < 4.78 is 4.85. The van der Waals surface area contributed by atoms with E-state index in [9.17, 15) is 4.79 Å². The van der Waals surface area contributed by atoms with E-state index < -0.39 is 0 Å². The summed E-state index contributed by atoms with van der Waals surface area (Å²) in [6.45, 7) is 9.09. The molecular weight excluding hydrogens is 238 g/mol. The summed E-state index contributed by atoms with van der Waals surface area (Å²) in [6, 6.07) is 6.14. The van der Waals surface area contributed by atoms with E-state index in [-0.39, 0.29) is 12.0 Å². The molecule has 1 rings (SSSR count). The van der Waals surface area contributed by atoms with Gasteiger partial charge in [-0.2, -0.15) is 0 Å². The highest BCUT2D eigenvalue weighted by molar-refractivity contribution is 5.75. The zero-order valence-electron chi connectivity index (χ0n) is 12.6. The maximum absolute atomic E-state index is 11.7. The van der Waals surface area contributed by atoms with Crippen molar-refractivity contribution in [2.24, 2.45) is 5.92 Å². The van der Waals surface area contributed by atoms with Crippen LogP contribution < -0.4 is 5.32 Å². The van der Waals surface area contributed by atoms with Gasteiger partial charge in [-0.15, -0.1) is 0 Å². The summed E-state index contributed by atoms with van der Waals surface area (Å²) >= 11 is 0. The number of nitrogens with one attached hydrogen (secondary N) is 1. The SMILES string of the molecule is COC(=O)C(CC(C)C)NCc1ccc(C)cc1C. The Morgan fingerprint density at radius 2 is 2.00 bits per heavy atom. The zero-order valence-corrected chi connectivity index (χ0v) is 12.6. The summed E-state index contributed by atoms with van der Waals surface area (Å²) in [4.78, 5) is 11.7. The first-order chi connectivity index (χ1) is 8.93. The Kier molecular flexibility index (Phi) is 6.03. The van der Waals surface area contributed by atoms with Crippen LogP contribution in [-0.2, 0) is 16.1 Å². The minimum atomic E-state index is -0.231. The second kappa shape index (κ2) is 7.29. The number of methoxy groups -OCH3 is 1. The Bertz CT molecular complexity index is 427. The fourth-order valence-electron chi connectivity index (χ4n) is 2.15. The maximum atomic E-state index is 11.7. The van der Waals surface area contributed by atoms with E-state index in [0.29, 0.717) is 12.5 Å². The third kappa shape index (κ3) is 5.03. The van der Waals surface area contributed by atoms with Crippen molar-refractivity contribution in [1.82, 2.24) is 5.32 Å². The molecule has 0 radical (unpaired) electrons. The molecular formula is C16H25NO2. The van der Waals surface area contributed by atoms with E-state index in [1.165, 1.54) is 23.8 Å². The van der Waals surface area contributed by atoms with Gasteiger partial charge in [0, 0.05) is 6.54 Å². The quantitative estimate of drug-likeness (QED) is 0.802. The molecule has 1 aromatic carbocycles. The average Bonchev–Trinajstić information content (AvgIpc) is 2.34. The molecule has 1 aromatic rings. The van der Waals surface area contributed by atoms with Crippen molar-refractivity contribution < 1.29 is 9.53 Å². The van der Waals surface area contributed by atoms with Crippen LogP contribution in [0.4, 0.5) is 0 Å². The summed E-state index contributed by atoms with van der Waals surface area (Å²) in [5, 5.41) is 3.30. The Morgan fingerprint density at radius 3 is 2.53 bits per heavy atom. The highest BCUT2D eigenvalue weighted by atomic mass is 16.5. The second-order valence-electron chi connectivity index (χ2n) is 5.52. The van der Waals surface area contributed by atoms with Gasteiger partial charge < -0.3 is 10.1 Å². The lowest BCUT2D eigenvalue weighted by Gasteiger charge is -2.19. The highest BCUT2D eigenvalue weighted by Gasteiger charge is 2.19. The molecule has 0 aromatic heterocycles. The van der Waals surface area contributed by atoms with Gasteiger partial charge >= 0.3 is 5.97 Å². The number of ether oxygens (including phenoxy) is 1. The predicted octanol–water partition coefficient (Wildman–Crippen LogP) is 2.98. The molecule has 0 aliphatic heterocycles. The van der Waals surface area contributed by atoms with Crippen LogP contribution in [0, 0.1) is 19.8 Å². The topological polar surface area (TPSA) is 38.3 Å². The van der Waals surface area contributed by atoms with E-state index >= 15 is 0 Å². The standard InChI is InChI=1S/C16H25NO2/c1-11(2)8-15(16(18)19-5)17-10-14-7-6-12(3)9-13(14)4/h6-7,9,11,15,17H,8,10H2,1-5H3. The van der Waals surface area contributed by atoms with Gasteiger partial charge in [-0.05, 0) is 37.3 Å². The van der Waals surface area contributed by atoms with E-state index in [4.69, 9.17) is 4.74 Å². The Labute approximate surface area is 116 Å². The Hall–Kier alpha value is -1.35. The normalized spacial score (nSPS) is 12.5. The Balaban J connectivity index is 2.67. The van der Waals surface area contributed by atoms with Crippen molar-refractivity contribution in [3.05, 3.63) is 34.9 Å². The first-order valence-electron chi connectivity index (χ1n) is 6.81. The van der Waals surface area contributed by atoms with Gasteiger partial charge in [0.2, 0.25) is 0 Å². The Morgan fingerprint density at radius 1 is 1.32 bits per heavy atom. The van der Waals surface area contributed by atoms with Crippen molar-refractivity contribution in [2.45, 2.75) is 46.7 Å². The first-order valence-corrected chi connectivity index (χ1v) is 6.81. The number of aryl methyl sites for hydroxylation is 2. The third-order valence-electron chi connectivity index (χ3n) is 3.23. The number of benzene rings is 1. The molecule has 19 heavy (non-hydrogen) atoms. The lowest BCUT2D eigenvalue weighted by atomic mass is 10.0. The molecule has 0 saturated heterocycles. The van der Waals surface area contributed by atoms with Gasteiger partial charge in [-0.3, -0.25) is 4.79 Å². The summed E-state index contributed by atoms with van der Waals surface area (Å²) in [6.07, 6.45) is 0.789. The van der Waals surface area contributed by atoms with Crippen LogP contribution >= 0.6 is 0 Å². The number of esters is 1. The van der Waals surface area contributed by atoms with Gasteiger partial charge in [0.05, 0.1) is 7.11 Å². The molecule has 0 aliphatic rings. The lowest BCUT2D eigenvalue weighted by molar-refractivity contribution is -0.143. The van der Waals surface area contributed by atoms with Crippen LogP contribution in [0.3, 0.4) is 0 Å². The van der Waals surface area contributed by atoms with E-state index in [1.807, 2.05) is 0 Å². The molecule has 0 aliphatic carbocycles. The van der Waals surface area contributed by atoms with Gasteiger partial charge in [-0.1, -0.05) is 37.6 Å². The van der Waals surface area contributed by atoms with Crippen LogP contribution in [0.2, 0.25) is 0 Å². The number of carbonyl (C=O) groups excluding carboxylic acids is 1. The number of hydrogen-bond acceptors (Lipinski definition) is 3. The minimum absolute atomic E-state index is 0.182. The van der Waals surface area contributed by atoms with Gasteiger partial charge in [0.1, 0.15) is 6.04 Å². The molecule has 106 valence electrons. The molecule has 0 amide bonds. The molecule has 0 heterocycles. The van der Waals surface area contributed by atoms with Gasteiger partial charge in [-0.25, -0.2) is 0 Å². The van der Waals surface area contributed by atoms with Crippen LogP contribution in [0.25, 0.3) is 0 Å². The van der Waals surface area contributed by atoms with Crippen molar-refractivity contribution in [2.75, 3.05) is 7.11 Å². The zero-order chi connectivity index (χ0) is 14.4. The number of rotatable bonds is 6. The molecule has 1 atom stereocenters. The molecule has 0 bridgehead atoms. The maximum Gasteiger partial charge on any atom is 0.322 e. The van der Waals surface area contributed by atoms with E-state index in [2.05, 4.69) is 51.2 Å². The molecule has 3 heteroatoms. The van der Waals surface area contributed by atoms with Gasteiger partial charge in [0.15, 0.2) is 0 Å². The van der Waals surface area contributed by atoms with E-state index in [0.717, 1.165) is 6.42 Å². The molecule has 3 nitrogen and oxygen atoms in total. The summed E-state index contributed by atoms with van der Waals surface area (Å²) in [5.41, 5.74) is 3.73. The monoisotopic (exact) mass is 263 g/mol. The fourth-order valence-corrected chi connectivity index (χ4v) is 2.15. The second-order valence-corrected chi connectivity index (χ2v) is 5.52. The smallest absolute Gasteiger partial charge is 0.322 e. The first kappa shape index (κ1) is 15.7. The average molecular weight is 263 g/mol. The largest absolute Gasteiger partial charge is 0.468 e. The third-order valence-corrected chi connectivity index (χ3v) is 3.23. The van der Waals surface area contributed by atoms with Crippen LogP contribution in [-0.4, -0.2) is 19.1 Å². The molecule has 0 fully saturated rings. The molecule has 1 N–H and O–H groups in total. The number of carbonyl (C=O) groups is 1. The minimum Gasteiger partial charge on any atom is -0.468 e. The fraction of sp³-hybridized carbons (Fsp3) is 0.562. The lowest BCUT2D eigenvalue weighted by Crippen LogP contribution is -2.38. The van der Waals surface area contributed by atoms with Crippen molar-refractivity contribution in [3.8, 4) is 0 Å². The van der Waals surface area contributed by atoms with Crippen molar-refractivity contribution >= 4 is 5.97 Å².